The van der Waals surface area contributed by atoms with Gasteiger partial charge in [0.15, 0.2) is 5.66 Å². The van der Waals surface area contributed by atoms with Gasteiger partial charge in [-0.05, 0) is 26.3 Å². The van der Waals surface area contributed by atoms with Gasteiger partial charge in [0.25, 0.3) is 0 Å². The third kappa shape index (κ3) is 4.17. The molecular weight excluding hydrogens is 279 g/mol. The van der Waals surface area contributed by atoms with Crippen molar-refractivity contribution < 1.29 is 23.1 Å². The smallest absolute Gasteiger partial charge is 0.349 e. The van der Waals surface area contributed by atoms with Gasteiger partial charge in [0.1, 0.15) is 0 Å². The number of rotatable bonds is 8. The van der Waals surface area contributed by atoms with E-state index in [0.717, 1.165) is 0 Å². The summed E-state index contributed by atoms with van der Waals surface area (Å²) in [5.74, 6) is -0.594. The van der Waals surface area contributed by atoms with Crippen LogP contribution in [-0.4, -0.2) is 25.8 Å². The fourth-order valence-corrected chi connectivity index (χ4v) is 3.81. The minimum Gasteiger partial charge on any atom is -0.465 e. The average molecular weight is 300 g/mol. The second-order valence-electron chi connectivity index (χ2n) is 3.94. The number of carbonyl (C=O) groups excluding carboxylic acids is 1. The van der Waals surface area contributed by atoms with Crippen molar-refractivity contribution >= 4 is 13.6 Å². The maximum atomic E-state index is 12.9. The number of hydrogen-bond acceptors (Lipinski definition) is 5. The summed E-state index contributed by atoms with van der Waals surface area (Å²) in [5, 5.41) is 0. The molecule has 0 aliphatic rings. The molecule has 0 radical (unpaired) electrons. The number of esters is 1. The predicted molar refractivity (Wildman–Crippen MR) is 76.7 cm³/mol. The molecule has 0 aliphatic heterocycles. The van der Waals surface area contributed by atoms with Crippen molar-refractivity contribution in [3.63, 3.8) is 0 Å². The van der Waals surface area contributed by atoms with Crippen LogP contribution in [0.3, 0.4) is 0 Å². The lowest BCUT2D eigenvalue weighted by atomic mass is 10.1. The summed E-state index contributed by atoms with van der Waals surface area (Å²) in [6.45, 7) is 5.71. The zero-order valence-corrected chi connectivity index (χ0v) is 13.0. The highest BCUT2D eigenvalue weighted by molar-refractivity contribution is 7.55. The minimum absolute atomic E-state index is 0.194. The maximum absolute atomic E-state index is 12.9. The van der Waals surface area contributed by atoms with Crippen LogP contribution in [0.2, 0.25) is 0 Å². The molecule has 6 heteroatoms. The van der Waals surface area contributed by atoms with E-state index in [0.29, 0.717) is 5.56 Å². The number of carbonyl (C=O) groups is 1. The van der Waals surface area contributed by atoms with Crippen LogP contribution < -0.4 is 0 Å². The Labute approximate surface area is 119 Å². The summed E-state index contributed by atoms with van der Waals surface area (Å²) < 4.78 is 28.5. The Morgan fingerprint density at radius 3 is 2.05 bits per heavy atom. The van der Waals surface area contributed by atoms with Crippen LogP contribution >= 0.6 is 7.60 Å². The molecule has 0 aliphatic carbocycles. The summed E-state index contributed by atoms with van der Waals surface area (Å²) in [6, 6.07) is 8.78. The van der Waals surface area contributed by atoms with E-state index in [1.807, 2.05) is 6.07 Å². The van der Waals surface area contributed by atoms with Gasteiger partial charge in [-0.15, -0.1) is 0 Å². The summed E-state index contributed by atoms with van der Waals surface area (Å²) >= 11 is 0. The van der Waals surface area contributed by atoms with Crippen LogP contribution in [0.15, 0.2) is 30.3 Å². The molecule has 20 heavy (non-hydrogen) atoms. The highest BCUT2D eigenvalue weighted by atomic mass is 31.2. The van der Waals surface area contributed by atoms with Crippen LogP contribution in [-0.2, 0) is 23.1 Å². The number of hydrogen-bond donors (Lipinski definition) is 0. The monoisotopic (exact) mass is 300 g/mol. The first-order valence-electron chi connectivity index (χ1n) is 6.69. The first-order valence-corrected chi connectivity index (χ1v) is 8.30. The Kier molecular flexibility index (Phi) is 6.93. The van der Waals surface area contributed by atoms with E-state index in [9.17, 15) is 9.36 Å². The van der Waals surface area contributed by atoms with Crippen molar-refractivity contribution in [1.29, 1.82) is 0 Å². The second kappa shape index (κ2) is 8.20. The molecule has 0 spiro atoms. The van der Waals surface area contributed by atoms with Gasteiger partial charge in [-0.3, -0.25) is 9.36 Å². The zero-order valence-electron chi connectivity index (χ0n) is 12.1. The van der Waals surface area contributed by atoms with E-state index in [-0.39, 0.29) is 19.8 Å². The van der Waals surface area contributed by atoms with Crippen LogP contribution in [0.4, 0.5) is 0 Å². The first-order chi connectivity index (χ1) is 9.59. The molecule has 0 bridgehead atoms. The number of benzene rings is 1. The Bertz CT molecular complexity index is 450. The maximum Gasteiger partial charge on any atom is 0.349 e. The summed E-state index contributed by atoms with van der Waals surface area (Å²) in [4.78, 5) is 12.2. The summed E-state index contributed by atoms with van der Waals surface area (Å²) in [5.41, 5.74) is -0.486. The molecular formula is C14H21O5P. The van der Waals surface area contributed by atoms with Gasteiger partial charge in [0, 0.05) is 0 Å². The molecule has 0 aromatic heterocycles. The Hall–Kier alpha value is -1.16. The third-order valence-electron chi connectivity index (χ3n) is 2.56. The highest BCUT2D eigenvalue weighted by Gasteiger charge is 2.43. The van der Waals surface area contributed by atoms with E-state index in [4.69, 9.17) is 13.8 Å². The molecule has 0 saturated carbocycles. The molecule has 1 atom stereocenters. The predicted octanol–water partition coefficient (Wildman–Crippen LogP) is 3.56. The van der Waals surface area contributed by atoms with Gasteiger partial charge in [-0.2, -0.15) is 0 Å². The van der Waals surface area contributed by atoms with Crippen LogP contribution in [0, 0.1) is 0 Å². The molecule has 0 saturated heterocycles. The van der Waals surface area contributed by atoms with E-state index in [1.54, 1.807) is 45.0 Å². The topological polar surface area (TPSA) is 61.8 Å². The van der Waals surface area contributed by atoms with Crippen LogP contribution in [0.25, 0.3) is 0 Å². The van der Waals surface area contributed by atoms with Crippen molar-refractivity contribution in [2.24, 2.45) is 0 Å². The van der Waals surface area contributed by atoms with E-state index in [1.165, 1.54) is 0 Å². The molecule has 1 aromatic rings. The van der Waals surface area contributed by atoms with E-state index < -0.39 is 19.2 Å². The Balaban J connectivity index is 3.21. The molecule has 1 aromatic carbocycles. The van der Waals surface area contributed by atoms with Gasteiger partial charge >= 0.3 is 13.6 Å². The molecule has 1 rings (SSSR count). The standard InChI is InChI=1S/C14H21O5P/c1-4-17-14(15)13(12-10-8-7-9-11-12)20(16,18-5-2)19-6-3/h7-11,13H,4-6H2,1-3H3/t13-/m0/s1. The molecule has 5 nitrogen and oxygen atoms in total. The van der Waals surface area contributed by atoms with Gasteiger partial charge in [-0.1, -0.05) is 30.3 Å². The molecule has 0 unspecified atom stereocenters. The van der Waals surface area contributed by atoms with Crippen molar-refractivity contribution in [3.8, 4) is 0 Å². The quantitative estimate of drug-likeness (QED) is 0.542. The van der Waals surface area contributed by atoms with Crippen molar-refractivity contribution in [2.45, 2.75) is 26.4 Å². The molecule has 112 valence electrons. The zero-order chi connectivity index (χ0) is 15.0. The van der Waals surface area contributed by atoms with Gasteiger partial charge in [0.2, 0.25) is 0 Å². The minimum atomic E-state index is -3.61. The molecule has 0 amide bonds. The van der Waals surface area contributed by atoms with Crippen molar-refractivity contribution in [3.05, 3.63) is 35.9 Å². The fourth-order valence-electron chi connectivity index (χ4n) is 1.85. The average Bonchev–Trinajstić information content (AvgIpc) is 2.40. The van der Waals surface area contributed by atoms with E-state index >= 15 is 0 Å². The van der Waals surface area contributed by atoms with Gasteiger partial charge in [-0.25, -0.2) is 0 Å². The first kappa shape index (κ1) is 16.9. The summed E-state index contributed by atoms with van der Waals surface area (Å²) in [6.07, 6.45) is 0. The summed E-state index contributed by atoms with van der Waals surface area (Å²) in [7, 11) is -3.61. The van der Waals surface area contributed by atoms with Crippen molar-refractivity contribution in [1.82, 2.24) is 0 Å². The molecule has 0 fully saturated rings. The van der Waals surface area contributed by atoms with E-state index in [2.05, 4.69) is 0 Å². The lowest BCUT2D eigenvalue weighted by Gasteiger charge is -2.25. The third-order valence-corrected chi connectivity index (χ3v) is 4.94. The molecule has 0 heterocycles. The normalized spacial score (nSPS) is 12.9. The van der Waals surface area contributed by atoms with Crippen molar-refractivity contribution in [2.75, 3.05) is 19.8 Å². The van der Waals surface area contributed by atoms with Crippen LogP contribution in [0.1, 0.15) is 32.0 Å². The van der Waals surface area contributed by atoms with Gasteiger partial charge in [0.05, 0.1) is 19.8 Å². The second-order valence-corrected chi connectivity index (χ2v) is 6.05. The Morgan fingerprint density at radius 2 is 1.60 bits per heavy atom. The fraction of sp³-hybridized carbons (Fsp3) is 0.500. The molecule has 0 N–H and O–H groups in total. The van der Waals surface area contributed by atoms with Crippen LogP contribution in [0.5, 0.6) is 0 Å². The van der Waals surface area contributed by atoms with Gasteiger partial charge < -0.3 is 13.8 Å². The largest absolute Gasteiger partial charge is 0.465 e. The lowest BCUT2D eigenvalue weighted by molar-refractivity contribution is -0.143. The SMILES string of the molecule is CCOC(=O)[C@H](c1ccccc1)P(=O)(OCC)OCC. The highest BCUT2D eigenvalue weighted by Crippen LogP contribution is 2.61. The number of ether oxygens (including phenoxy) is 1. The lowest BCUT2D eigenvalue weighted by Crippen LogP contribution is -2.19. The Morgan fingerprint density at radius 1 is 1.05 bits per heavy atom.